The molecule has 0 aliphatic heterocycles. The summed E-state index contributed by atoms with van der Waals surface area (Å²) in [7, 11) is 0. The van der Waals surface area contributed by atoms with Crippen molar-refractivity contribution < 1.29 is 14.7 Å². The average molecular weight is 215 g/mol. The second-order valence-electron chi connectivity index (χ2n) is 4.47. The van der Waals surface area contributed by atoms with Gasteiger partial charge in [-0.3, -0.25) is 9.59 Å². The molecule has 1 unspecified atom stereocenters. The average Bonchev–Trinajstić information content (AvgIpc) is 2.12. The molecule has 0 aromatic heterocycles. The van der Waals surface area contributed by atoms with E-state index >= 15 is 0 Å². The van der Waals surface area contributed by atoms with Gasteiger partial charge in [-0.25, -0.2) is 0 Å². The van der Waals surface area contributed by atoms with Crippen LogP contribution in [0.4, 0.5) is 0 Å². The molecule has 4 heteroatoms. The largest absolute Gasteiger partial charge is 0.396 e. The monoisotopic (exact) mass is 215 g/mol. The van der Waals surface area contributed by atoms with Gasteiger partial charge in [0.15, 0.2) is 0 Å². The molecule has 3 N–H and O–H groups in total. The Kier molecular flexibility index (Phi) is 5.50. The van der Waals surface area contributed by atoms with Gasteiger partial charge in [-0.2, -0.15) is 0 Å². The lowest BCUT2D eigenvalue weighted by atomic mass is 9.71. The number of ketones is 1. The van der Waals surface area contributed by atoms with Crippen molar-refractivity contribution in [3.8, 4) is 0 Å². The van der Waals surface area contributed by atoms with Crippen molar-refractivity contribution in [3.05, 3.63) is 0 Å². The van der Waals surface area contributed by atoms with Crippen molar-refractivity contribution >= 4 is 11.7 Å². The molecule has 1 amide bonds. The minimum absolute atomic E-state index is 0.00349. The van der Waals surface area contributed by atoms with Crippen LogP contribution in [-0.2, 0) is 9.59 Å². The van der Waals surface area contributed by atoms with E-state index in [-0.39, 0.29) is 24.7 Å². The highest BCUT2D eigenvalue weighted by Gasteiger charge is 2.36. The number of aliphatic hydroxyl groups excluding tert-OH is 1. The maximum Gasteiger partial charge on any atom is 0.218 e. The molecule has 1 atom stereocenters. The lowest BCUT2D eigenvalue weighted by Gasteiger charge is -2.31. The molecule has 0 saturated heterocycles. The number of carbonyl (C=O) groups is 2. The van der Waals surface area contributed by atoms with Crippen molar-refractivity contribution in [2.75, 3.05) is 6.61 Å². The first kappa shape index (κ1) is 14.1. The first-order valence-corrected chi connectivity index (χ1v) is 5.27. The van der Waals surface area contributed by atoms with Crippen LogP contribution >= 0.6 is 0 Å². The molecule has 0 heterocycles. The quantitative estimate of drug-likeness (QED) is 0.661. The van der Waals surface area contributed by atoms with E-state index in [1.165, 1.54) is 0 Å². The van der Waals surface area contributed by atoms with Crippen LogP contribution in [0.1, 0.15) is 40.0 Å². The van der Waals surface area contributed by atoms with Gasteiger partial charge in [0, 0.05) is 24.9 Å². The van der Waals surface area contributed by atoms with E-state index in [1.807, 2.05) is 13.8 Å². The normalized spacial score (nSPS) is 15.0. The number of hydrogen-bond donors (Lipinski definition) is 2. The molecule has 0 spiro atoms. The minimum Gasteiger partial charge on any atom is -0.396 e. The third-order valence-corrected chi connectivity index (χ3v) is 3.01. The lowest BCUT2D eigenvalue weighted by Crippen LogP contribution is -2.37. The molecule has 0 aliphatic carbocycles. The van der Waals surface area contributed by atoms with Crippen molar-refractivity contribution in [3.63, 3.8) is 0 Å². The third-order valence-electron chi connectivity index (χ3n) is 3.01. The molecule has 0 saturated carbocycles. The van der Waals surface area contributed by atoms with Crippen molar-refractivity contribution in [2.45, 2.75) is 40.0 Å². The minimum atomic E-state index is -0.693. The number of Topliss-reactive ketones (excluding diaryl/α,β-unsaturated/α-hetero) is 1. The summed E-state index contributed by atoms with van der Waals surface area (Å²) >= 11 is 0. The van der Waals surface area contributed by atoms with Crippen LogP contribution < -0.4 is 5.73 Å². The fourth-order valence-corrected chi connectivity index (χ4v) is 1.51. The summed E-state index contributed by atoms with van der Waals surface area (Å²) in [5.74, 6) is -0.384. The zero-order chi connectivity index (χ0) is 12.1. The summed E-state index contributed by atoms with van der Waals surface area (Å²) in [5.41, 5.74) is 4.45. The maximum atomic E-state index is 11.9. The molecular weight excluding hydrogens is 194 g/mol. The fourth-order valence-electron chi connectivity index (χ4n) is 1.51. The summed E-state index contributed by atoms with van der Waals surface area (Å²) in [6.07, 6.45) is 0.827. The second kappa shape index (κ2) is 5.85. The predicted octanol–water partition coefficient (Wildman–Crippen LogP) is 0.866. The van der Waals surface area contributed by atoms with Gasteiger partial charge >= 0.3 is 0 Å². The lowest BCUT2D eigenvalue weighted by molar-refractivity contribution is -0.135. The summed E-state index contributed by atoms with van der Waals surface area (Å²) < 4.78 is 0. The third kappa shape index (κ3) is 4.00. The van der Waals surface area contributed by atoms with Gasteiger partial charge in [0.05, 0.1) is 0 Å². The molecule has 88 valence electrons. The number of amides is 1. The Morgan fingerprint density at radius 3 is 2.27 bits per heavy atom. The molecule has 0 rings (SSSR count). The number of primary amides is 1. The van der Waals surface area contributed by atoms with E-state index in [0.29, 0.717) is 12.8 Å². The fraction of sp³-hybridized carbons (Fsp3) is 0.818. The summed E-state index contributed by atoms with van der Waals surface area (Å²) in [6, 6.07) is 0. The zero-order valence-electron chi connectivity index (χ0n) is 9.75. The first-order valence-electron chi connectivity index (χ1n) is 5.27. The van der Waals surface area contributed by atoms with Gasteiger partial charge < -0.3 is 10.8 Å². The van der Waals surface area contributed by atoms with Gasteiger partial charge in [0.1, 0.15) is 5.78 Å². The van der Waals surface area contributed by atoms with E-state index in [0.717, 1.165) is 0 Å². The smallest absolute Gasteiger partial charge is 0.218 e. The SMILES string of the molecule is CC(C)C(C)(CC(N)=O)C(=O)CCCO. The Bertz CT molecular complexity index is 238. The summed E-state index contributed by atoms with van der Waals surface area (Å²) in [6.45, 7) is 5.57. The topological polar surface area (TPSA) is 80.4 Å². The van der Waals surface area contributed by atoms with E-state index in [2.05, 4.69) is 0 Å². The van der Waals surface area contributed by atoms with E-state index in [1.54, 1.807) is 6.92 Å². The van der Waals surface area contributed by atoms with Crippen LogP contribution in [-0.4, -0.2) is 23.4 Å². The Labute approximate surface area is 90.8 Å². The van der Waals surface area contributed by atoms with Gasteiger partial charge in [-0.15, -0.1) is 0 Å². The van der Waals surface area contributed by atoms with Gasteiger partial charge in [0.2, 0.25) is 5.91 Å². The molecule has 0 aromatic carbocycles. The standard InChI is InChI=1S/C11H21NO3/c1-8(2)11(3,7-10(12)15)9(14)5-4-6-13/h8,13H,4-7H2,1-3H3,(H2,12,15). The number of aliphatic hydroxyl groups is 1. The molecule has 15 heavy (non-hydrogen) atoms. The maximum absolute atomic E-state index is 11.9. The second-order valence-corrected chi connectivity index (χ2v) is 4.47. The Morgan fingerprint density at radius 2 is 1.93 bits per heavy atom. The molecule has 0 radical (unpaired) electrons. The Morgan fingerprint density at radius 1 is 1.40 bits per heavy atom. The molecule has 0 fully saturated rings. The number of nitrogens with two attached hydrogens (primary N) is 1. The van der Waals surface area contributed by atoms with Crippen LogP contribution in [0.3, 0.4) is 0 Å². The molecule has 4 nitrogen and oxygen atoms in total. The molecule has 0 bridgehead atoms. The highest BCUT2D eigenvalue weighted by molar-refractivity contribution is 5.89. The highest BCUT2D eigenvalue weighted by Crippen LogP contribution is 2.33. The van der Waals surface area contributed by atoms with E-state index in [9.17, 15) is 9.59 Å². The Hall–Kier alpha value is -0.900. The predicted molar refractivity (Wildman–Crippen MR) is 58.1 cm³/mol. The van der Waals surface area contributed by atoms with Crippen molar-refractivity contribution in [1.82, 2.24) is 0 Å². The summed E-state index contributed by atoms with van der Waals surface area (Å²) in [4.78, 5) is 22.8. The van der Waals surface area contributed by atoms with Gasteiger partial charge in [0.25, 0.3) is 0 Å². The van der Waals surface area contributed by atoms with Gasteiger partial charge in [-0.05, 0) is 12.3 Å². The number of carbonyl (C=O) groups excluding carboxylic acids is 2. The van der Waals surface area contributed by atoms with Crippen LogP contribution in [0, 0.1) is 11.3 Å². The molecule has 0 aromatic rings. The zero-order valence-corrected chi connectivity index (χ0v) is 9.75. The Balaban J connectivity index is 4.62. The highest BCUT2D eigenvalue weighted by atomic mass is 16.3. The first-order chi connectivity index (χ1) is 6.84. The number of hydrogen-bond acceptors (Lipinski definition) is 3. The van der Waals surface area contributed by atoms with E-state index < -0.39 is 11.3 Å². The number of rotatable bonds is 7. The van der Waals surface area contributed by atoms with Crippen LogP contribution in [0.15, 0.2) is 0 Å². The van der Waals surface area contributed by atoms with Crippen molar-refractivity contribution in [1.29, 1.82) is 0 Å². The van der Waals surface area contributed by atoms with Crippen molar-refractivity contribution in [2.24, 2.45) is 17.1 Å². The van der Waals surface area contributed by atoms with Crippen LogP contribution in [0.25, 0.3) is 0 Å². The van der Waals surface area contributed by atoms with Crippen LogP contribution in [0.5, 0.6) is 0 Å². The summed E-state index contributed by atoms with van der Waals surface area (Å²) in [5, 5.41) is 8.66. The van der Waals surface area contributed by atoms with E-state index in [4.69, 9.17) is 10.8 Å². The van der Waals surface area contributed by atoms with Gasteiger partial charge in [-0.1, -0.05) is 20.8 Å². The molecule has 0 aliphatic rings. The van der Waals surface area contributed by atoms with Crippen LogP contribution in [0.2, 0.25) is 0 Å². The molecular formula is C11H21NO3.